The van der Waals surface area contributed by atoms with E-state index in [1.165, 1.54) is 11.1 Å². The molecule has 0 heterocycles. The highest BCUT2D eigenvalue weighted by molar-refractivity contribution is 5.83. The molecule has 0 saturated carbocycles. The fraction of sp³-hybridized carbons (Fsp3) is 0.500. The van der Waals surface area contributed by atoms with Crippen LogP contribution < -0.4 is 0 Å². The first-order valence-corrected chi connectivity index (χ1v) is 7.07. The fourth-order valence-corrected chi connectivity index (χ4v) is 2.09. The molecular formula is C18H26O. The van der Waals surface area contributed by atoms with Gasteiger partial charge in [-0.2, -0.15) is 0 Å². The van der Waals surface area contributed by atoms with E-state index in [0.717, 1.165) is 12.8 Å². The summed E-state index contributed by atoms with van der Waals surface area (Å²) >= 11 is 0. The molecule has 0 amide bonds. The summed E-state index contributed by atoms with van der Waals surface area (Å²) < 4.78 is 0. The lowest BCUT2D eigenvalue weighted by Gasteiger charge is -2.18. The van der Waals surface area contributed by atoms with Gasteiger partial charge in [0.05, 0.1) is 0 Å². The second-order valence-corrected chi connectivity index (χ2v) is 6.32. The van der Waals surface area contributed by atoms with Gasteiger partial charge >= 0.3 is 0 Å². The van der Waals surface area contributed by atoms with E-state index in [4.69, 9.17) is 0 Å². The van der Waals surface area contributed by atoms with E-state index in [9.17, 15) is 4.79 Å². The Morgan fingerprint density at radius 2 is 1.84 bits per heavy atom. The molecule has 0 aliphatic rings. The molecule has 1 unspecified atom stereocenters. The Hall–Kier alpha value is -1.37. The van der Waals surface area contributed by atoms with E-state index in [0.29, 0.717) is 18.1 Å². The SMILES string of the molecule is C=CC(CCCC(=O)C(C)(C)C)c1ccc(C)cc1. The molecule has 0 radical (unpaired) electrons. The van der Waals surface area contributed by atoms with Gasteiger partial charge in [-0.1, -0.05) is 56.7 Å². The highest BCUT2D eigenvalue weighted by Crippen LogP contribution is 2.25. The van der Waals surface area contributed by atoms with Crippen molar-refractivity contribution in [3.05, 3.63) is 48.0 Å². The molecule has 1 atom stereocenters. The number of allylic oxidation sites excluding steroid dienone is 1. The number of aryl methyl sites for hydroxylation is 1. The number of carbonyl (C=O) groups is 1. The Kier molecular flexibility index (Phi) is 5.53. The first-order valence-electron chi connectivity index (χ1n) is 7.07. The maximum absolute atomic E-state index is 11.9. The molecule has 0 N–H and O–H groups in total. The molecule has 0 fully saturated rings. The molecule has 1 nitrogen and oxygen atoms in total. The number of ketones is 1. The van der Waals surface area contributed by atoms with Crippen molar-refractivity contribution in [1.29, 1.82) is 0 Å². The van der Waals surface area contributed by atoms with Crippen molar-refractivity contribution in [3.8, 4) is 0 Å². The molecule has 0 aromatic heterocycles. The van der Waals surface area contributed by atoms with Crippen LogP contribution >= 0.6 is 0 Å². The van der Waals surface area contributed by atoms with Gasteiger partial charge in [0, 0.05) is 17.8 Å². The van der Waals surface area contributed by atoms with Crippen molar-refractivity contribution in [3.63, 3.8) is 0 Å². The van der Waals surface area contributed by atoms with Crippen LogP contribution in [-0.4, -0.2) is 5.78 Å². The van der Waals surface area contributed by atoms with Crippen LogP contribution in [0.3, 0.4) is 0 Å². The van der Waals surface area contributed by atoms with Crippen molar-refractivity contribution in [2.24, 2.45) is 5.41 Å². The maximum atomic E-state index is 11.9. The van der Waals surface area contributed by atoms with Gasteiger partial charge in [-0.05, 0) is 25.3 Å². The van der Waals surface area contributed by atoms with Crippen LogP contribution in [0.4, 0.5) is 0 Å². The van der Waals surface area contributed by atoms with Crippen LogP contribution in [0.2, 0.25) is 0 Å². The smallest absolute Gasteiger partial charge is 0.138 e. The van der Waals surface area contributed by atoms with Crippen LogP contribution in [0.5, 0.6) is 0 Å². The third-order valence-corrected chi connectivity index (χ3v) is 3.55. The van der Waals surface area contributed by atoms with E-state index < -0.39 is 0 Å². The molecule has 0 saturated heterocycles. The number of carbonyl (C=O) groups excluding carboxylic acids is 1. The molecule has 104 valence electrons. The average Bonchev–Trinajstić information content (AvgIpc) is 2.34. The summed E-state index contributed by atoms with van der Waals surface area (Å²) in [5, 5.41) is 0. The quantitative estimate of drug-likeness (QED) is 0.652. The minimum atomic E-state index is -0.215. The summed E-state index contributed by atoms with van der Waals surface area (Å²) in [6.45, 7) is 12.0. The van der Waals surface area contributed by atoms with Gasteiger partial charge < -0.3 is 0 Å². The second kappa shape index (κ2) is 6.70. The molecule has 1 aromatic carbocycles. The molecule has 1 rings (SSSR count). The van der Waals surface area contributed by atoms with Gasteiger partial charge in [-0.3, -0.25) is 4.79 Å². The predicted molar refractivity (Wildman–Crippen MR) is 82.4 cm³/mol. The number of Topliss-reactive ketones (excluding diaryl/α,β-unsaturated/α-hetero) is 1. The zero-order valence-electron chi connectivity index (χ0n) is 12.7. The highest BCUT2D eigenvalue weighted by atomic mass is 16.1. The van der Waals surface area contributed by atoms with E-state index >= 15 is 0 Å². The van der Waals surface area contributed by atoms with Crippen molar-refractivity contribution in [2.75, 3.05) is 0 Å². The monoisotopic (exact) mass is 258 g/mol. The number of benzene rings is 1. The lowest BCUT2D eigenvalue weighted by molar-refractivity contribution is -0.126. The Balaban J connectivity index is 2.52. The molecule has 0 bridgehead atoms. The van der Waals surface area contributed by atoms with Crippen LogP contribution in [0.15, 0.2) is 36.9 Å². The summed E-state index contributed by atoms with van der Waals surface area (Å²) in [4.78, 5) is 11.9. The fourth-order valence-electron chi connectivity index (χ4n) is 2.09. The van der Waals surface area contributed by atoms with Gasteiger partial charge in [0.2, 0.25) is 0 Å². The Labute approximate surface area is 117 Å². The highest BCUT2D eigenvalue weighted by Gasteiger charge is 2.20. The van der Waals surface area contributed by atoms with Crippen LogP contribution in [-0.2, 0) is 4.79 Å². The van der Waals surface area contributed by atoms with Gasteiger partial charge in [0.1, 0.15) is 5.78 Å². The van der Waals surface area contributed by atoms with Crippen molar-refractivity contribution in [2.45, 2.75) is 52.9 Å². The zero-order valence-corrected chi connectivity index (χ0v) is 12.7. The van der Waals surface area contributed by atoms with Crippen molar-refractivity contribution >= 4 is 5.78 Å². The Morgan fingerprint density at radius 3 is 2.32 bits per heavy atom. The number of hydrogen-bond acceptors (Lipinski definition) is 1. The molecule has 19 heavy (non-hydrogen) atoms. The van der Waals surface area contributed by atoms with E-state index in [2.05, 4.69) is 37.8 Å². The van der Waals surface area contributed by atoms with E-state index in [1.54, 1.807) is 0 Å². The van der Waals surface area contributed by atoms with Crippen molar-refractivity contribution in [1.82, 2.24) is 0 Å². The van der Waals surface area contributed by atoms with Crippen LogP contribution in [0.1, 0.15) is 57.1 Å². The minimum Gasteiger partial charge on any atom is -0.299 e. The van der Waals surface area contributed by atoms with Gasteiger partial charge in [-0.25, -0.2) is 0 Å². The Morgan fingerprint density at radius 1 is 1.26 bits per heavy atom. The summed E-state index contributed by atoms with van der Waals surface area (Å²) in [5.74, 6) is 0.701. The second-order valence-electron chi connectivity index (χ2n) is 6.32. The molecule has 0 aliphatic heterocycles. The molecule has 0 spiro atoms. The third-order valence-electron chi connectivity index (χ3n) is 3.55. The lowest BCUT2D eigenvalue weighted by atomic mass is 9.86. The van der Waals surface area contributed by atoms with Gasteiger partial charge in [0.25, 0.3) is 0 Å². The topological polar surface area (TPSA) is 17.1 Å². The zero-order chi connectivity index (χ0) is 14.5. The summed E-state index contributed by atoms with van der Waals surface area (Å²) in [7, 11) is 0. The van der Waals surface area contributed by atoms with Gasteiger partial charge in [-0.15, -0.1) is 6.58 Å². The Bertz CT molecular complexity index is 420. The van der Waals surface area contributed by atoms with Gasteiger partial charge in [0.15, 0.2) is 0 Å². The van der Waals surface area contributed by atoms with Crippen molar-refractivity contribution < 1.29 is 4.79 Å². The van der Waals surface area contributed by atoms with Crippen LogP contribution in [0, 0.1) is 12.3 Å². The largest absolute Gasteiger partial charge is 0.299 e. The lowest BCUT2D eigenvalue weighted by Crippen LogP contribution is -2.19. The summed E-state index contributed by atoms with van der Waals surface area (Å²) in [5.41, 5.74) is 2.35. The molecular weight excluding hydrogens is 232 g/mol. The molecule has 1 aromatic rings. The standard InChI is InChI=1S/C18H26O/c1-6-15(16-12-10-14(2)11-13-16)8-7-9-17(19)18(3,4)5/h6,10-13,15H,1,7-9H2,2-5H3. The number of rotatable bonds is 6. The molecule has 0 aliphatic carbocycles. The first kappa shape index (κ1) is 15.7. The number of hydrogen-bond donors (Lipinski definition) is 0. The minimum absolute atomic E-state index is 0.215. The summed E-state index contributed by atoms with van der Waals surface area (Å²) in [6.07, 6.45) is 4.58. The first-order chi connectivity index (χ1) is 8.84. The summed E-state index contributed by atoms with van der Waals surface area (Å²) in [6, 6.07) is 8.58. The molecule has 1 heteroatoms. The van der Waals surface area contributed by atoms with Crippen LogP contribution in [0.25, 0.3) is 0 Å². The third kappa shape index (κ3) is 5.02. The predicted octanol–water partition coefficient (Wildman–Crippen LogP) is 5.05. The average molecular weight is 258 g/mol. The van der Waals surface area contributed by atoms with E-state index in [-0.39, 0.29) is 5.41 Å². The normalized spacial score (nSPS) is 13.1. The van der Waals surface area contributed by atoms with E-state index in [1.807, 2.05) is 26.8 Å². The maximum Gasteiger partial charge on any atom is 0.138 e.